The first-order chi connectivity index (χ1) is 5.52. The summed E-state index contributed by atoms with van der Waals surface area (Å²) in [5.41, 5.74) is 5.63. The Morgan fingerprint density at radius 2 is 1.92 bits per heavy atom. The van der Waals surface area contributed by atoms with Gasteiger partial charge in [0.25, 0.3) is 10.2 Å². The molecule has 1 heterocycles. The Hall–Kier alpha value is -0.170. The minimum atomic E-state index is -3.59. The molecule has 5 nitrogen and oxygen atoms in total. The van der Waals surface area contributed by atoms with E-state index in [9.17, 15) is 8.42 Å². The Balaban J connectivity index is 2.72. The second-order valence-electron chi connectivity index (χ2n) is 3.07. The second-order valence-corrected chi connectivity index (χ2v) is 4.57. The number of hydrogen-bond donors (Lipinski definition) is 2. The maximum absolute atomic E-state index is 11.0. The fraction of sp³-hybridized carbons (Fsp3) is 1.00. The van der Waals surface area contributed by atoms with Crippen LogP contribution in [0.5, 0.6) is 0 Å². The maximum atomic E-state index is 11.0. The zero-order valence-electron chi connectivity index (χ0n) is 6.94. The Morgan fingerprint density at radius 1 is 1.25 bits per heavy atom. The summed E-state index contributed by atoms with van der Waals surface area (Å²) in [6.45, 7) is 0.458. The highest BCUT2D eigenvalue weighted by Gasteiger charge is 2.25. The molecule has 6 heteroatoms. The first-order valence-corrected chi connectivity index (χ1v) is 5.57. The van der Waals surface area contributed by atoms with Gasteiger partial charge in [0.2, 0.25) is 0 Å². The van der Waals surface area contributed by atoms with E-state index >= 15 is 0 Å². The molecule has 1 rings (SSSR count). The Kier molecular flexibility index (Phi) is 3.05. The van der Waals surface area contributed by atoms with Gasteiger partial charge in [0, 0.05) is 6.54 Å². The monoisotopic (exact) mass is 193 g/mol. The average Bonchev–Trinajstić information content (AvgIpc) is 2.11. The Morgan fingerprint density at radius 3 is 2.50 bits per heavy atom. The molecule has 0 bridgehead atoms. The molecule has 1 fully saturated rings. The van der Waals surface area contributed by atoms with E-state index in [4.69, 9.17) is 10.9 Å². The van der Waals surface area contributed by atoms with Crippen LogP contribution in [-0.4, -0.2) is 25.4 Å². The van der Waals surface area contributed by atoms with E-state index in [1.165, 1.54) is 4.31 Å². The number of hydrogen-bond acceptors (Lipinski definition) is 3. The first-order valence-electron chi connectivity index (χ1n) is 4.07. The molecule has 1 unspecified atom stereocenters. The predicted octanol–water partition coefficient (Wildman–Crippen LogP) is -0.649. The van der Waals surface area contributed by atoms with E-state index in [1.807, 2.05) is 0 Å². The van der Waals surface area contributed by atoms with Crippen molar-refractivity contribution in [1.82, 2.24) is 4.31 Å². The van der Waals surface area contributed by atoms with Crippen LogP contribution in [0.25, 0.3) is 0 Å². The lowest BCUT2D eigenvalue weighted by Gasteiger charge is -2.22. The van der Waals surface area contributed by atoms with Crippen LogP contribution < -0.4 is 10.9 Å². The van der Waals surface area contributed by atoms with Gasteiger partial charge in [-0.2, -0.15) is 12.7 Å². The summed E-state index contributed by atoms with van der Waals surface area (Å²) in [5, 5.41) is 4.99. The SMILES string of the molecule is NC1CCCCCN1S(N)(=O)=O. The van der Waals surface area contributed by atoms with Crippen LogP contribution in [-0.2, 0) is 10.2 Å². The second kappa shape index (κ2) is 3.69. The molecule has 0 saturated carbocycles. The standard InChI is InChI=1S/C6H15N3O2S/c7-6-4-2-1-3-5-9(6)12(8,10)11/h6H,1-5,7H2,(H2,8,10,11). The predicted molar refractivity (Wildman–Crippen MR) is 46.3 cm³/mol. The molecule has 0 aliphatic carbocycles. The molecular weight excluding hydrogens is 178 g/mol. The summed E-state index contributed by atoms with van der Waals surface area (Å²) >= 11 is 0. The van der Waals surface area contributed by atoms with Crippen molar-refractivity contribution >= 4 is 10.2 Å². The van der Waals surface area contributed by atoms with Gasteiger partial charge in [-0.1, -0.05) is 12.8 Å². The van der Waals surface area contributed by atoms with Crippen LogP contribution in [0.15, 0.2) is 0 Å². The summed E-state index contributed by atoms with van der Waals surface area (Å²) < 4.78 is 23.1. The number of rotatable bonds is 1. The van der Waals surface area contributed by atoms with Crippen molar-refractivity contribution in [3.63, 3.8) is 0 Å². The van der Waals surface area contributed by atoms with E-state index in [-0.39, 0.29) is 0 Å². The van der Waals surface area contributed by atoms with E-state index < -0.39 is 16.4 Å². The molecule has 0 spiro atoms. The molecule has 1 atom stereocenters. The summed E-state index contributed by atoms with van der Waals surface area (Å²) in [6.07, 6.45) is 3.13. The normalized spacial score (nSPS) is 28.3. The van der Waals surface area contributed by atoms with E-state index in [0.717, 1.165) is 19.3 Å². The molecule has 0 aromatic rings. The van der Waals surface area contributed by atoms with Crippen molar-refractivity contribution in [3.8, 4) is 0 Å². The van der Waals surface area contributed by atoms with Gasteiger partial charge in [-0.05, 0) is 12.8 Å². The van der Waals surface area contributed by atoms with Crippen molar-refractivity contribution < 1.29 is 8.42 Å². The molecule has 72 valence electrons. The van der Waals surface area contributed by atoms with Crippen LogP contribution in [0.4, 0.5) is 0 Å². The van der Waals surface area contributed by atoms with Crippen LogP contribution in [0.1, 0.15) is 25.7 Å². The van der Waals surface area contributed by atoms with Gasteiger partial charge in [0.1, 0.15) is 0 Å². The van der Waals surface area contributed by atoms with Crippen LogP contribution in [0, 0.1) is 0 Å². The van der Waals surface area contributed by atoms with Crippen molar-refractivity contribution in [2.75, 3.05) is 6.54 Å². The molecule has 1 aliphatic rings. The molecule has 0 amide bonds. The van der Waals surface area contributed by atoms with Crippen LogP contribution in [0.3, 0.4) is 0 Å². The maximum Gasteiger partial charge on any atom is 0.278 e. The highest BCUT2D eigenvalue weighted by Crippen LogP contribution is 2.14. The molecule has 0 aromatic carbocycles. The fourth-order valence-corrected chi connectivity index (χ4v) is 2.29. The van der Waals surface area contributed by atoms with Gasteiger partial charge in [0.15, 0.2) is 0 Å². The summed E-state index contributed by atoms with van der Waals surface area (Å²) in [7, 11) is -3.59. The van der Waals surface area contributed by atoms with Crippen LogP contribution in [0.2, 0.25) is 0 Å². The summed E-state index contributed by atoms with van der Waals surface area (Å²) in [4.78, 5) is 0. The van der Waals surface area contributed by atoms with Gasteiger partial charge in [-0.15, -0.1) is 0 Å². The lowest BCUT2D eigenvalue weighted by Crippen LogP contribution is -2.48. The van der Waals surface area contributed by atoms with Gasteiger partial charge < -0.3 is 5.73 Å². The van der Waals surface area contributed by atoms with E-state index in [2.05, 4.69) is 0 Å². The zero-order valence-corrected chi connectivity index (χ0v) is 7.76. The smallest absolute Gasteiger partial charge is 0.278 e. The lowest BCUT2D eigenvalue weighted by molar-refractivity contribution is 0.330. The Bertz CT molecular complexity index is 239. The van der Waals surface area contributed by atoms with Gasteiger partial charge in [0.05, 0.1) is 6.17 Å². The molecule has 12 heavy (non-hydrogen) atoms. The number of nitrogens with zero attached hydrogens (tertiary/aromatic N) is 1. The highest BCUT2D eigenvalue weighted by atomic mass is 32.2. The highest BCUT2D eigenvalue weighted by molar-refractivity contribution is 7.86. The van der Waals surface area contributed by atoms with Crippen molar-refractivity contribution in [1.29, 1.82) is 0 Å². The lowest BCUT2D eigenvalue weighted by atomic mass is 10.2. The molecule has 4 N–H and O–H groups in total. The zero-order chi connectivity index (χ0) is 9.19. The van der Waals surface area contributed by atoms with Crippen LogP contribution >= 0.6 is 0 Å². The molecule has 0 aromatic heterocycles. The third kappa shape index (κ3) is 2.41. The quantitative estimate of drug-likeness (QED) is 0.580. The Labute approximate surface area is 72.9 Å². The van der Waals surface area contributed by atoms with Crippen molar-refractivity contribution in [2.45, 2.75) is 31.8 Å². The topological polar surface area (TPSA) is 89.4 Å². The van der Waals surface area contributed by atoms with Crippen molar-refractivity contribution in [2.24, 2.45) is 10.9 Å². The largest absolute Gasteiger partial charge is 0.315 e. The first kappa shape index (κ1) is 9.91. The average molecular weight is 193 g/mol. The summed E-state index contributed by atoms with van der Waals surface area (Å²) in [6, 6.07) is 0. The molecule has 1 aliphatic heterocycles. The van der Waals surface area contributed by atoms with Crippen molar-refractivity contribution in [3.05, 3.63) is 0 Å². The molecular formula is C6H15N3O2S. The van der Waals surface area contributed by atoms with Gasteiger partial charge >= 0.3 is 0 Å². The minimum Gasteiger partial charge on any atom is -0.315 e. The third-order valence-electron chi connectivity index (χ3n) is 2.08. The van der Waals surface area contributed by atoms with Gasteiger partial charge in [-0.25, -0.2) is 5.14 Å². The molecule has 1 saturated heterocycles. The number of nitrogens with two attached hydrogens (primary N) is 2. The minimum absolute atomic E-state index is 0.428. The molecule has 0 radical (unpaired) electrons. The third-order valence-corrected chi connectivity index (χ3v) is 3.18. The summed E-state index contributed by atoms with van der Waals surface area (Å²) in [5.74, 6) is 0. The fourth-order valence-electron chi connectivity index (χ4n) is 1.42. The van der Waals surface area contributed by atoms with Gasteiger partial charge in [-0.3, -0.25) is 0 Å². The van der Waals surface area contributed by atoms with E-state index in [1.54, 1.807) is 0 Å². The van der Waals surface area contributed by atoms with E-state index in [0.29, 0.717) is 13.0 Å².